The third-order valence-electron chi connectivity index (χ3n) is 1.73. The SMILES string of the molecule is CC(C)CC1=CC(=N)C(=N)C=C1. The summed E-state index contributed by atoms with van der Waals surface area (Å²) in [7, 11) is 0. The van der Waals surface area contributed by atoms with Crippen LogP contribution in [0.5, 0.6) is 0 Å². The van der Waals surface area contributed by atoms with Crippen molar-refractivity contribution in [1.82, 2.24) is 0 Å². The van der Waals surface area contributed by atoms with Crippen molar-refractivity contribution in [2.24, 2.45) is 5.92 Å². The highest BCUT2D eigenvalue weighted by Gasteiger charge is 2.07. The van der Waals surface area contributed by atoms with E-state index in [0.29, 0.717) is 17.3 Å². The molecule has 0 unspecified atom stereocenters. The molecular formula is C10H14N2. The molecule has 0 amide bonds. The minimum absolute atomic E-state index is 0.308. The van der Waals surface area contributed by atoms with Gasteiger partial charge in [-0.05, 0) is 30.1 Å². The molecule has 2 N–H and O–H groups in total. The van der Waals surface area contributed by atoms with E-state index in [-0.39, 0.29) is 0 Å². The Morgan fingerprint density at radius 2 is 1.83 bits per heavy atom. The third-order valence-corrected chi connectivity index (χ3v) is 1.73. The number of nitrogens with one attached hydrogen (secondary N) is 2. The molecule has 0 aromatic heterocycles. The largest absolute Gasteiger partial charge is 0.299 e. The molecule has 1 aliphatic carbocycles. The van der Waals surface area contributed by atoms with Gasteiger partial charge in [-0.3, -0.25) is 10.8 Å². The lowest BCUT2D eigenvalue weighted by Gasteiger charge is -2.10. The fourth-order valence-electron chi connectivity index (χ4n) is 1.19. The molecule has 2 heteroatoms. The normalized spacial score (nSPS) is 17.1. The van der Waals surface area contributed by atoms with Gasteiger partial charge in [-0.2, -0.15) is 0 Å². The first-order valence-corrected chi connectivity index (χ1v) is 4.15. The van der Waals surface area contributed by atoms with Crippen LogP contribution in [-0.2, 0) is 0 Å². The summed E-state index contributed by atoms with van der Waals surface area (Å²) in [5, 5.41) is 14.7. The van der Waals surface area contributed by atoms with Crippen LogP contribution in [0.4, 0.5) is 0 Å². The Labute approximate surface area is 73.0 Å². The van der Waals surface area contributed by atoms with Crippen LogP contribution < -0.4 is 0 Å². The molecule has 0 fully saturated rings. The average Bonchev–Trinajstić information content (AvgIpc) is 1.96. The quantitative estimate of drug-likeness (QED) is 0.586. The second-order valence-electron chi connectivity index (χ2n) is 3.48. The summed E-state index contributed by atoms with van der Waals surface area (Å²) >= 11 is 0. The molecule has 1 aliphatic rings. The monoisotopic (exact) mass is 162 g/mol. The van der Waals surface area contributed by atoms with Crippen molar-refractivity contribution < 1.29 is 0 Å². The van der Waals surface area contributed by atoms with Crippen molar-refractivity contribution in [2.45, 2.75) is 20.3 Å². The number of hydrogen-bond donors (Lipinski definition) is 2. The van der Waals surface area contributed by atoms with E-state index in [1.807, 2.05) is 6.08 Å². The van der Waals surface area contributed by atoms with Gasteiger partial charge in [-0.25, -0.2) is 0 Å². The molecule has 0 aromatic rings. The molecule has 0 aliphatic heterocycles. The Bertz CT molecular complexity index is 270. The molecule has 0 radical (unpaired) electrons. The van der Waals surface area contributed by atoms with Gasteiger partial charge >= 0.3 is 0 Å². The maximum Gasteiger partial charge on any atom is 0.0791 e. The van der Waals surface area contributed by atoms with E-state index in [2.05, 4.69) is 13.8 Å². The molecule has 0 spiro atoms. The van der Waals surface area contributed by atoms with E-state index in [1.165, 1.54) is 0 Å². The Morgan fingerprint density at radius 1 is 1.17 bits per heavy atom. The van der Waals surface area contributed by atoms with Crippen LogP contribution in [0.2, 0.25) is 0 Å². The second-order valence-corrected chi connectivity index (χ2v) is 3.48. The minimum atomic E-state index is 0.308. The van der Waals surface area contributed by atoms with Gasteiger partial charge in [0.15, 0.2) is 0 Å². The van der Waals surface area contributed by atoms with Gasteiger partial charge in [0.25, 0.3) is 0 Å². The molecule has 64 valence electrons. The first kappa shape index (κ1) is 8.91. The van der Waals surface area contributed by atoms with Crippen molar-refractivity contribution in [3.63, 3.8) is 0 Å². The molecule has 0 aromatic carbocycles. The van der Waals surface area contributed by atoms with Crippen molar-refractivity contribution in [3.05, 3.63) is 23.8 Å². The number of hydrogen-bond acceptors (Lipinski definition) is 2. The zero-order chi connectivity index (χ0) is 9.14. The Balaban J connectivity index is 2.70. The Morgan fingerprint density at radius 3 is 2.33 bits per heavy atom. The fourth-order valence-corrected chi connectivity index (χ4v) is 1.19. The topological polar surface area (TPSA) is 47.7 Å². The molecule has 0 saturated carbocycles. The van der Waals surface area contributed by atoms with Gasteiger partial charge in [0, 0.05) is 0 Å². The van der Waals surface area contributed by atoms with Crippen molar-refractivity contribution >= 4 is 11.4 Å². The van der Waals surface area contributed by atoms with Crippen LogP contribution >= 0.6 is 0 Å². The summed E-state index contributed by atoms with van der Waals surface area (Å²) in [6.07, 6.45) is 6.40. The summed E-state index contributed by atoms with van der Waals surface area (Å²) in [6.45, 7) is 4.30. The van der Waals surface area contributed by atoms with Crippen LogP contribution in [-0.4, -0.2) is 11.4 Å². The van der Waals surface area contributed by atoms with Gasteiger partial charge in [-0.15, -0.1) is 0 Å². The standard InChI is InChI=1S/C10H14N2/c1-7(2)5-8-3-4-9(11)10(12)6-8/h3-4,6-7,11-12H,5H2,1-2H3. The lowest BCUT2D eigenvalue weighted by Crippen LogP contribution is -2.10. The van der Waals surface area contributed by atoms with E-state index >= 15 is 0 Å². The molecule has 0 atom stereocenters. The van der Waals surface area contributed by atoms with Gasteiger partial charge in [0.1, 0.15) is 0 Å². The molecule has 1 rings (SSSR count). The van der Waals surface area contributed by atoms with Gasteiger partial charge in [0.2, 0.25) is 0 Å². The summed E-state index contributed by atoms with van der Waals surface area (Å²) in [4.78, 5) is 0. The molecular weight excluding hydrogens is 148 g/mol. The molecule has 2 nitrogen and oxygen atoms in total. The predicted molar refractivity (Wildman–Crippen MR) is 52.1 cm³/mol. The van der Waals surface area contributed by atoms with Gasteiger partial charge in [-0.1, -0.05) is 19.9 Å². The third kappa shape index (κ3) is 2.16. The lowest BCUT2D eigenvalue weighted by atomic mass is 9.96. The van der Waals surface area contributed by atoms with Crippen LogP contribution in [0, 0.1) is 16.7 Å². The molecule has 0 heterocycles. The lowest BCUT2D eigenvalue weighted by molar-refractivity contribution is 0.650. The smallest absolute Gasteiger partial charge is 0.0791 e. The predicted octanol–water partition coefficient (Wildman–Crippen LogP) is 2.57. The molecule has 12 heavy (non-hydrogen) atoms. The Kier molecular flexibility index (Phi) is 2.58. The van der Waals surface area contributed by atoms with E-state index in [0.717, 1.165) is 12.0 Å². The van der Waals surface area contributed by atoms with Gasteiger partial charge in [0.05, 0.1) is 11.4 Å². The summed E-state index contributed by atoms with van der Waals surface area (Å²) in [6, 6.07) is 0. The zero-order valence-corrected chi connectivity index (χ0v) is 7.52. The fraction of sp³-hybridized carbons (Fsp3) is 0.400. The van der Waals surface area contributed by atoms with Crippen LogP contribution in [0.15, 0.2) is 23.8 Å². The van der Waals surface area contributed by atoms with Crippen molar-refractivity contribution in [3.8, 4) is 0 Å². The first-order valence-electron chi connectivity index (χ1n) is 4.15. The van der Waals surface area contributed by atoms with Crippen LogP contribution in [0.1, 0.15) is 20.3 Å². The highest BCUT2D eigenvalue weighted by molar-refractivity contribution is 6.49. The van der Waals surface area contributed by atoms with Crippen molar-refractivity contribution in [2.75, 3.05) is 0 Å². The highest BCUT2D eigenvalue weighted by Crippen LogP contribution is 2.14. The molecule has 0 saturated heterocycles. The number of rotatable bonds is 2. The second kappa shape index (κ2) is 3.48. The Hall–Kier alpha value is -1.18. The minimum Gasteiger partial charge on any atom is -0.299 e. The summed E-state index contributed by atoms with van der Waals surface area (Å²) < 4.78 is 0. The van der Waals surface area contributed by atoms with E-state index < -0.39 is 0 Å². The number of allylic oxidation sites excluding steroid dienone is 4. The average molecular weight is 162 g/mol. The van der Waals surface area contributed by atoms with Crippen molar-refractivity contribution in [1.29, 1.82) is 10.8 Å². The van der Waals surface area contributed by atoms with Crippen LogP contribution in [0.3, 0.4) is 0 Å². The van der Waals surface area contributed by atoms with Gasteiger partial charge < -0.3 is 0 Å². The maximum absolute atomic E-state index is 7.42. The zero-order valence-electron chi connectivity index (χ0n) is 7.52. The van der Waals surface area contributed by atoms with E-state index in [9.17, 15) is 0 Å². The first-order chi connectivity index (χ1) is 5.59. The molecule has 0 bridgehead atoms. The van der Waals surface area contributed by atoms with E-state index in [4.69, 9.17) is 10.8 Å². The van der Waals surface area contributed by atoms with Crippen LogP contribution in [0.25, 0.3) is 0 Å². The summed E-state index contributed by atoms with van der Waals surface area (Å²) in [5.41, 5.74) is 1.79. The summed E-state index contributed by atoms with van der Waals surface area (Å²) in [5.74, 6) is 0.612. The highest BCUT2D eigenvalue weighted by atomic mass is 14.5. The van der Waals surface area contributed by atoms with E-state index in [1.54, 1.807) is 12.2 Å². The maximum atomic E-state index is 7.42.